The number of rotatable bonds is 7. The maximum atomic E-state index is 12.7. The lowest BCUT2D eigenvalue weighted by molar-refractivity contribution is -0.132. The Labute approximate surface area is 150 Å². The van der Waals surface area contributed by atoms with Crippen LogP contribution in [0, 0.1) is 0 Å². The lowest BCUT2D eigenvalue weighted by atomic mass is 10.2. The minimum absolute atomic E-state index is 0.154. The fourth-order valence-electron chi connectivity index (χ4n) is 2.81. The predicted octanol–water partition coefficient (Wildman–Crippen LogP) is 3.92. The number of carbonyl (C=O) groups is 1. The molecule has 1 amide bonds. The first kappa shape index (κ1) is 16.0. The molecule has 0 atom stereocenters. The molecule has 5 nitrogen and oxygen atoms in total. The Morgan fingerprint density at radius 1 is 1.24 bits per heavy atom. The topological polar surface area (TPSA) is 59.2 Å². The smallest absolute Gasteiger partial charge is 0.227 e. The van der Waals surface area contributed by atoms with Crippen molar-refractivity contribution in [2.24, 2.45) is 0 Å². The second kappa shape index (κ2) is 7.19. The molecule has 0 saturated heterocycles. The first-order chi connectivity index (χ1) is 12.3. The molecule has 0 N–H and O–H groups in total. The first-order valence-electron chi connectivity index (χ1n) is 8.48. The van der Waals surface area contributed by atoms with E-state index in [-0.39, 0.29) is 5.91 Å². The van der Waals surface area contributed by atoms with Crippen LogP contribution in [0.5, 0.6) is 0 Å². The van der Waals surface area contributed by atoms with E-state index in [0.29, 0.717) is 37.1 Å². The van der Waals surface area contributed by atoms with E-state index < -0.39 is 0 Å². The van der Waals surface area contributed by atoms with Gasteiger partial charge in [-0.25, -0.2) is 0 Å². The van der Waals surface area contributed by atoms with E-state index in [0.717, 1.165) is 18.4 Å². The van der Waals surface area contributed by atoms with Gasteiger partial charge in [0, 0.05) is 36.4 Å². The minimum Gasteiger partial charge on any atom is -0.339 e. The minimum atomic E-state index is 0.154. The third-order valence-corrected chi connectivity index (χ3v) is 4.99. The average molecular weight is 353 g/mol. The summed E-state index contributed by atoms with van der Waals surface area (Å²) in [7, 11) is 0. The Kier molecular flexibility index (Phi) is 4.61. The van der Waals surface area contributed by atoms with Crippen LogP contribution in [0.3, 0.4) is 0 Å². The maximum absolute atomic E-state index is 12.7. The maximum Gasteiger partial charge on any atom is 0.227 e. The van der Waals surface area contributed by atoms with Crippen LogP contribution < -0.4 is 0 Å². The van der Waals surface area contributed by atoms with Gasteiger partial charge in [0.15, 0.2) is 0 Å². The molecule has 6 heteroatoms. The summed E-state index contributed by atoms with van der Waals surface area (Å²) in [5.74, 6) is 1.26. The van der Waals surface area contributed by atoms with Crippen LogP contribution in [0.1, 0.15) is 30.7 Å². The molecule has 1 fully saturated rings. The highest BCUT2D eigenvalue weighted by Gasteiger charge is 2.32. The molecule has 0 spiro atoms. The van der Waals surface area contributed by atoms with Crippen molar-refractivity contribution in [1.29, 1.82) is 0 Å². The Balaban J connectivity index is 1.37. The van der Waals surface area contributed by atoms with Gasteiger partial charge in [-0.1, -0.05) is 35.5 Å². The Hall–Kier alpha value is -2.47. The number of thiophene rings is 1. The van der Waals surface area contributed by atoms with Crippen molar-refractivity contribution in [2.45, 2.75) is 38.3 Å². The van der Waals surface area contributed by atoms with Crippen molar-refractivity contribution in [3.63, 3.8) is 0 Å². The van der Waals surface area contributed by atoms with Gasteiger partial charge in [0.2, 0.25) is 17.6 Å². The summed E-state index contributed by atoms with van der Waals surface area (Å²) in [6.45, 7) is 0.675. The lowest BCUT2D eigenvalue weighted by Crippen LogP contribution is -2.32. The van der Waals surface area contributed by atoms with Crippen LogP contribution in [-0.2, 0) is 17.8 Å². The lowest BCUT2D eigenvalue weighted by Gasteiger charge is -2.22. The van der Waals surface area contributed by atoms with Crippen molar-refractivity contribution in [2.75, 3.05) is 0 Å². The third-order valence-electron chi connectivity index (χ3n) is 4.30. The highest BCUT2D eigenvalue weighted by atomic mass is 32.1. The number of aryl methyl sites for hydroxylation is 1. The zero-order valence-corrected chi connectivity index (χ0v) is 14.6. The highest BCUT2D eigenvalue weighted by molar-refractivity contribution is 7.08. The van der Waals surface area contributed by atoms with Gasteiger partial charge in [-0.2, -0.15) is 16.3 Å². The van der Waals surface area contributed by atoms with E-state index in [1.807, 2.05) is 39.9 Å². The van der Waals surface area contributed by atoms with Crippen LogP contribution in [0.2, 0.25) is 0 Å². The average Bonchev–Trinajstić information content (AvgIpc) is 3.12. The molecule has 3 aromatic rings. The van der Waals surface area contributed by atoms with Gasteiger partial charge in [0.1, 0.15) is 0 Å². The summed E-state index contributed by atoms with van der Waals surface area (Å²) >= 11 is 1.59. The monoisotopic (exact) mass is 353 g/mol. The summed E-state index contributed by atoms with van der Waals surface area (Å²) in [6.07, 6.45) is 3.07. The second-order valence-electron chi connectivity index (χ2n) is 6.26. The number of amides is 1. The number of nitrogens with zero attached hydrogens (tertiary/aromatic N) is 3. The third kappa shape index (κ3) is 3.96. The molecule has 2 heterocycles. The number of hydrogen-bond donors (Lipinski definition) is 0. The number of benzene rings is 1. The normalized spacial score (nSPS) is 13.8. The van der Waals surface area contributed by atoms with Gasteiger partial charge in [-0.3, -0.25) is 4.79 Å². The fraction of sp³-hybridized carbons (Fsp3) is 0.316. The fourth-order valence-corrected chi connectivity index (χ4v) is 3.44. The van der Waals surface area contributed by atoms with E-state index in [4.69, 9.17) is 4.52 Å². The highest BCUT2D eigenvalue weighted by Crippen LogP contribution is 2.29. The summed E-state index contributed by atoms with van der Waals surface area (Å²) in [4.78, 5) is 19.1. The van der Waals surface area contributed by atoms with Crippen LogP contribution in [0.15, 0.2) is 51.7 Å². The summed E-state index contributed by atoms with van der Waals surface area (Å²) in [5, 5.41) is 7.95. The summed E-state index contributed by atoms with van der Waals surface area (Å²) in [6, 6.07) is 12.5. The van der Waals surface area contributed by atoms with Crippen molar-refractivity contribution in [3.05, 3.63) is 58.6 Å². The van der Waals surface area contributed by atoms with Gasteiger partial charge < -0.3 is 9.42 Å². The molecule has 25 heavy (non-hydrogen) atoms. The number of carbonyl (C=O) groups excluding carboxylic acids is 1. The largest absolute Gasteiger partial charge is 0.339 e. The number of aromatic nitrogens is 2. The molecule has 1 saturated carbocycles. The quantitative estimate of drug-likeness (QED) is 0.646. The zero-order chi connectivity index (χ0) is 17.1. The van der Waals surface area contributed by atoms with Gasteiger partial charge in [0.05, 0.1) is 0 Å². The number of hydrogen-bond acceptors (Lipinski definition) is 5. The standard InChI is InChI=1S/C19H19N3O2S/c23-18(22(16-6-7-16)12-14-4-2-1-3-5-14)9-8-17-20-19(21-24-17)15-10-11-25-13-15/h1-5,10-11,13,16H,6-9,12H2. The first-order valence-corrected chi connectivity index (χ1v) is 9.42. The molecule has 0 radical (unpaired) electrons. The van der Waals surface area contributed by atoms with Crippen molar-refractivity contribution >= 4 is 17.2 Å². The van der Waals surface area contributed by atoms with Crippen molar-refractivity contribution in [1.82, 2.24) is 15.0 Å². The molecular weight excluding hydrogens is 334 g/mol. The molecule has 128 valence electrons. The predicted molar refractivity (Wildman–Crippen MR) is 95.9 cm³/mol. The van der Waals surface area contributed by atoms with Crippen LogP contribution in [0.25, 0.3) is 11.4 Å². The molecule has 0 bridgehead atoms. The molecule has 0 aliphatic heterocycles. The Bertz CT molecular complexity index is 825. The molecule has 1 aliphatic carbocycles. The molecule has 1 aromatic carbocycles. The van der Waals surface area contributed by atoms with Gasteiger partial charge in [0.25, 0.3) is 0 Å². The molecule has 2 aromatic heterocycles. The molecule has 4 rings (SSSR count). The summed E-state index contributed by atoms with van der Waals surface area (Å²) < 4.78 is 5.29. The van der Waals surface area contributed by atoms with Crippen molar-refractivity contribution < 1.29 is 9.32 Å². The van der Waals surface area contributed by atoms with E-state index in [2.05, 4.69) is 22.3 Å². The second-order valence-corrected chi connectivity index (χ2v) is 7.04. The Morgan fingerprint density at radius 3 is 2.80 bits per heavy atom. The van der Waals surface area contributed by atoms with E-state index in [1.165, 1.54) is 5.56 Å². The molecule has 0 unspecified atom stereocenters. The van der Waals surface area contributed by atoms with Crippen molar-refractivity contribution in [3.8, 4) is 11.4 Å². The Morgan fingerprint density at radius 2 is 2.08 bits per heavy atom. The van der Waals surface area contributed by atoms with Crippen LogP contribution >= 0.6 is 11.3 Å². The van der Waals surface area contributed by atoms with Gasteiger partial charge >= 0.3 is 0 Å². The molecular formula is C19H19N3O2S. The van der Waals surface area contributed by atoms with E-state index >= 15 is 0 Å². The molecule has 1 aliphatic rings. The van der Waals surface area contributed by atoms with E-state index in [9.17, 15) is 4.79 Å². The zero-order valence-electron chi connectivity index (χ0n) is 13.8. The van der Waals surface area contributed by atoms with Gasteiger partial charge in [-0.05, 0) is 29.9 Å². The van der Waals surface area contributed by atoms with Gasteiger partial charge in [-0.15, -0.1) is 0 Å². The SMILES string of the molecule is O=C(CCc1nc(-c2ccsc2)no1)N(Cc1ccccc1)C1CC1. The van der Waals surface area contributed by atoms with Crippen LogP contribution in [0.4, 0.5) is 0 Å². The van der Waals surface area contributed by atoms with Crippen LogP contribution in [-0.4, -0.2) is 27.0 Å². The summed E-state index contributed by atoms with van der Waals surface area (Å²) in [5.41, 5.74) is 2.12. The van der Waals surface area contributed by atoms with E-state index in [1.54, 1.807) is 11.3 Å².